The molecule has 2 N–H and O–H groups in total. The van der Waals surface area contributed by atoms with E-state index in [0.717, 1.165) is 11.1 Å². The minimum absolute atomic E-state index is 0.153. The van der Waals surface area contributed by atoms with E-state index in [-0.39, 0.29) is 12.5 Å². The standard InChI is InChI=1S/C12H17NO3/c1-8-4-5-12(16-3)10(6-8)11(7-14)13-9(2)15/h4-6,11,14H,7H2,1-3H3,(H,13,15). The lowest BCUT2D eigenvalue weighted by Crippen LogP contribution is -2.28. The molecule has 88 valence electrons. The summed E-state index contributed by atoms with van der Waals surface area (Å²) in [7, 11) is 1.57. The van der Waals surface area contributed by atoms with Gasteiger partial charge in [0.2, 0.25) is 5.91 Å². The summed E-state index contributed by atoms with van der Waals surface area (Å²) in [5.41, 5.74) is 1.85. The maximum absolute atomic E-state index is 11.0. The van der Waals surface area contributed by atoms with Crippen molar-refractivity contribution in [1.29, 1.82) is 0 Å². The van der Waals surface area contributed by atoms with Crippen LogP contribution < -0.4 is 10.1 Å². The minimum Gasteiger partial charge on any atom is -0.496 e. The summed E-state index contributed by atoms with van der Waals surface area (Å²) in [6.45, 7) is 3.22. The number of aliphatic hydroxyl groups is 1. The SMILES string of the molecule is COc1ccc(C)cc1C(CO)NC(C)=O. The first-order chi connectivity index (χ1) is 7.58. The van der Waals surface area contributed by atoms with Crippen LogP contribution in [0.4, 0.5) is 0 Å². The molecule has 0 aliphatic carbocycles. The molecule has 16 heavy (non-hydrogen) atoms. The number of amides is 1. The average Bonchev–Trinajstić information content (AvgIpc) is 2.25. The lowest BCUT2D eigenvalue weighted by molar-refractivity contribution is -0.120. The molecule has 1 aromatic rings. The van der Waals surface area contributed by atoms with Crippen LogP contribution in [-0.2, 0) is 4.79 Å². The molecule has 0 fully saturated rings. The molecule has 0 aliphatic rings. The zero-order chi connectivity index (χ0) is 12.1. The fraction of sp³-hybridized carbons (Fsp3) is 0.417. The Kier molecular flexibility index (Phi) is 4.31. The van der Waals surface area contributed by atoms with Gasteiger partial charge in [-0.3, -0.25) is 4.79 Å². The topological polar surface area (TPSA) is 58.6 Å². The van der Waals surface area contributed by atoms with Gasteiger partial charge in [-0.05, 0) is 13.0 Å². The van der Waals surface area contributed by atoms with E-state index < -0.39 is 6.04 Å². The van der Waals surface area contributed by atoms with Gasteiger partial charge in [0.25, 0.3) is 0 Å². The number of rotatable bonds is 4. The number of hydrogen-bond donors (Lipinski definition) is 2. The van der Waals surface area contributed by atoms with Gasteiger partial charge in [0.1, 0.15) is 5.75 Å². The van der Waals surface area contributed by atoms with Gasteiger partial charge in [0, 0.05) is 12.5 Å². The number of benzene rings is 1. The number of carbonyl (C=O) groups excluding carboxylic acids is 1. The molecule has 0 bridgehead atoms. The van der Waals surface area contributed by atoms with E-state index in [2.05, 4.69) is 5.32 Å². The number of aryl methyl sites for hydroxylation is 1. The highest BCUT2D eigenvalue weighted by molar-refractivity contribution is 5.73. The molecule has 1 rings (SSSR count). The van der Waals surface area contributed by atoms with Crippen molar-refractivity contribution in [2.45, 2.75) is 19.9 Å². The van der Waals surface area contributed by atoms with Crippen LogP contribution in [0.2, 0.25) is 0 Å². The van der Waals surface area contributed by atoms with Crippen LogP contribution in [0, 0.1) is 6.92 Å². The highest BCUT2D eigenvalue weighted by Gasteiger charge is 2.16. The molecular formula is C12H17NO3. The molecule has 0 aliphatic heterocycles. The Labute approximate surface area is 95.2 Å². The predicted molar refractivity (Wildman–Crippen MR) is 61.4 cm³/mol. The molecular weight excluding hydrogens is 206 g/mol. The van der Waals surface area contributed by atoms with Crippen molar-refractivity contribution < 1.29 is 14.6 Å². The number of aliphatic hydroxyl groups excluding tert-OH is 1. The van der Waals surface area contributed by atoms with E-state index in [9.17, 15) is 9.90 Å². The van der Waals surface area contributed by atoms with Crippen molar-refractivity contribution in [1.82, 2.24) is 5.32 Å². The first-order valence-electron chi connectivity index (χ1n) is 5.11. The third-order valence-electron chi connectivity index (χ3n) is 2.32. The Morgan fingerprint density at radius 1 is 1.56 bits per heavy atom. The van der Waals surface area contributed by atoms with Gasteiger partial charge >= 0.3 is 0 Å². The van der Waals surface area contributed by atoms with Crippen molar-refractivity contribution in [3.63, 3.8) is 0 Å². The van der Waals surface area contributed by atoms with Crippen LogP contribution in [0.5, 0.6) is 5.75 Å². The third kappa shape index (κ3) is 2.97. The molecule has 0 heterocycles. The Hall–Kier alpha value is -1.55. The second kappa shape index (κ2) is 5.51. The molecule has 1 aromatic carbocycles. The summed E-state index contributed by atoms with van der Waals surface area (Å²) in [5.74, 6) is 0.487. The normalized spacial score (nSPS) is 12.0. The van der Waals surface area contributed by atoms with Crippen LogP contribution in [-0.4, -0.2) is 24.7 Å². The maximum Gasteiger partial charge on any atom is 0.217 e. The predicted octanol–water partition coefficient (Wildman–Crippen LogP) is 1.17. The fourth-order valence-corrected chi connectivity index (χ4v) is 1.59. The van der Waals surface area contributed by atoms with Gasteiger partial charge in [-0.2, -0.15) is 0 Å². The highest BCUT2D eigenvalue weighted by Crippen LogP contribution is 2.25. The second-order valence-corrected chi connectivity index (χ2v) is 3.68. The molecule has 0 aromatic heterocycles. The largest absolute Gasteiger partial charge is 0.496 e. The van der Waals surface area contributed by atoms with Crippen molar-refractivity contribution in [3.8, 4) is 5.75 Å². The average molecular weight is 223 g/mol. The number of ether oxygens (including phenoxy) is 1. The summed E-state index contributed by atoms with van der Waals surface area (Å²) in [4.78, 5) is 11.0. The Balaban J connectivity index is 3.06. The lowest BCUT2D eigenvalue weighted by atomic mass is 10.0. The quantitative estimate of drug-likeness (QED) is 0.805. The maximum atomic E-state index is 11.0. The number of hydrogen-bond acceptors (Lipinski definition) is 3. The van der Waals surface area contributed by atoms with E-state index in [1.165, 1.54) is 6.92 Å². The van der Waals surface area contributed by atoms with Gasteiger partial charge in [0.05, 0.1) is 19.8 Å². The summed E-state index contributed by atoms with van der Waals surface area (Å²) in [6.07, 6.45) is 0. The van der Waals surface area contributed by atoms with Crippen molar-refractivity contribution in [2.24, 2.45) is 0 Å². The molecule has 4 nitrogen and oxygen atoms in total. The zero-order valence-electron chi connectivity index (χ0n) is 9.78. The fourth-order valence-electron chi connectivity index (χ4n) is 1.59. The molecule has 0 saturated carbocycles. The molecule has 1 atom stereocenters. The Bertz CT molecular complexity index is 377. The lowest BCUT2D eigenvalue weighted by Gasteiger charge is -2.19. The van der Waals surface area contributed by atoms with Crippen LogP contribution in [0.1, 0.15) is 24.1 Å². The summed E-state index contributed by atoms with van der Waals surface area (Å²) in [6, 6.07) is 5.22. The van der Waals surface area contributed by atoms with Crippen LogP contribution in [0.3, 0.4) is 0 Å². The van der Waals surface area contributed by atoms with E-state index >= 15 is 0 Å². The molecule has 0 radical (unpaired) electrons. The highest BCUT2D eigenvalue weighted by atomic mass is 16.5. The summed E-state index contributed by atoms with van der Waals surface area (Å²) in [5, 5.41) is 11.9. The molecule has 4 heteroatoms. The van der Waals surface area contributed by atoms with Crippen LogP contribution in [0.25, 0.3) is 0 Å². The third-order valence-corrected chi connectivity index (χ3v) is 2.32. The summed E-state index contributed by atoms with van der Waals surface area (Å²) >= 11 is 0. The molecule has 0 spiro atoms. The molecule has 1 unspecified atom stereocenters. The summed E-state index contributed by atoms with van der Waals surface area (Å²) < 4.78 is 5.20. The monoisotopic (exact) mass is 223 g/mol. The van der Waals surface area contributed by atoms with E-state index in [1.54, 1.807) is 7.11 Å². The van der Waals surface area contributed by atoms with Gasteiger partial charge in [-0.1, -0.05) is 17.7 Å². The van der Waals surface area contributed by atoms with Crippen LogP contribution in [0.15, 0.2) is 18.2 Å². The molecule has 1 amide bonds. The van der Waals surface area contributed by atoms with Gasteiger partial charge in [-0.15, -0.1) is 0 Å². The Morgan fingerprint density at radius 3 is 2.75 bits per heavy atom. The first kappa shape index (κ1) is 12.5. The van der Waals surface area contributed by atoms with Gasteiger partial charge in [-0.25, -0.2) is 0 Å². The van der Waals surface area contributed by atoms with E-state index in [4.69, 9.17) is 4.74 Å². The van der Waals surface area contributed by atoms with E-state index in [0.29, 0.717) is 5.75 Å². The van der Waals surface area contributed by atoms with Crippen molar-refractivity contribution in [2.75, 3.05) is 13.7 Å². The zero-order valence-corrected chi connectivity index (χ0v) is 9.78. The van der Waals surface area contributed by atoms with Gasteiger partial charge < -0.3 is 15.2 Å². The number of methoxy groups -OCH3 is 1. The van der Waals surface area contributed by atoms with Crippen molar-refractivity contribution in [3.05, 3.63) is 29.3 Å². The Morgan fingerprint density at radius 2 is 2.25 bits per heavy atom. The van der Waals surface area contributed by atoms with E-state index in [1.807, 2.05) is 25.1 Å². The number of nitrogens with one attached hydrogen (secondary N) is 1. The first-order valence-corrected chi connectivity index (χ1v) is 5.11. The minimum atomic E-state index is -0.424. The smallest absolute Gasteiger partial charge is 0.217 e. The van der Waals surface area contributed by atoms with Gasteiger partial charge in [0.15, 0.2) is 0 Å². The van der Waals surface area contributed by atoms with Crippen LogP contribution >= 0.6 is 0 Å². The second-order valence-electron chi connectivity index (χ2n) is 3.68. The van der Waals surface area contributed by atoms with Crippen molar-refractivity contribution >= 4 is 5.91 Å². The molecule has 0 saturated heterocycles. The number of carbonyl (C=O) groups is 1.